The van der Waals surface area contributed by atoms with Crippen LogP contribution in [0.2, 0.25) is 0 Å². The number of carbonyl (C=O) groups excluding carboxylic acids is 2. The Morgan fingerprint density at radius 2 is 1.81 bits per heavy atom. The number of amides is 2. The maximum Gasteiger partial charge on any atom is 0.314 e. The molecule has 0 aliphatic carbocycles. The minimum atomic E-state index is -3.32. The van der Waals surface area contributed by atoms with Gasteiger partial charge in [0.2, 0.25) is 0 Å². The number of nitrogens with one attached hydrogen (secondary N) is 2. The first kappa shape index (κ1) is 20.8. The molecule has 31 heavy (non-hydrogen) atoms. The number of aromatic nitrogens is 2. The highest BCUT2D eigenvalue weighted by Gasteiger charge is 2.33. The van der Waals surface area contributed by atoms with E-state index in [0.717, 1.165) is 11.1 Å². The summed E-state index contributed by atoms with van der Waals surface area (Å²) >= 11 is 0. The van der Waals surface area contributed by atoms with Gasteiger partial charge in [-0.25, -0.2) is 13.1 Å². The van der Waals surface area contributed by atoms with E-state index in [4.69, 9.17) is 0 Å². The number of anilines is 1. The zero-order chi connectivity index (χ0) is 22.0. The largest absolute Gasteiger partial charge is 0.347 e. The third-order valence-corrected chi connectivity index (χ3v) is 6.46. The van der Waals surface area contributed by atoms with Crippen LogP contribution in [0.1, 0.15) is 22.4 Å². The Morgan fingerprint density at radius 3 is 2.55 bits per heavy atom. The van der Waals surface area contributed by atoms with E-state index in [9.17, 15) is 18.0 Å². The highest BCUT2D eigenvalue weighted by Crippen LogP contribution is 2.33. The maximum absolute atomic E-state index is 12.6. The topological polar surface area (TPSA) is 110 Å². The van der Waals surface area contributed by atoms with Gasteiger partial charge in [0.1, 0.15) is 5.82 Å². The zero-order valence-electron chi connectivity index (χ0n) is 17.0. The first-order valence-electron chi connectivity index (χ1n) is 9.84. The Bertz CT molecular complexity index is 1250. The van der Waals surface area contributed by atoms with Gasteiger partial charge in [0.05, 0.1) is 22.9 Å². The quantitative estimate of drug-likeness (QED) is 0.592. The summed E-state index contributed by atoms with van der Waals surface area (Å²) in [6.45, 7) is 2.23. The lowest BCUT2D eigenvalue weighted by Crippen LogP contribution is -2.37. The molecule has 160 valence electrons. The molecular weight excluding hydrogens is 416 g/mol. The zero-order valence-corrected chi connectivity index (χ0v) is 17.8. The Labute approximate surface area is 180 Å². The number of benzene rings is 2. The van der Waals surface area contributed by atoms with Crippen LogP contribution in [0.25, 0.3) is 5.69 Å². The molecule has 2 aromatic carbocycles. The van der Waals surface area contributed by atoms with Gasteiger partial charge < -0.3 is 10.6 Å². The molecule has 0 fully saturated rings. The fourth-order valence-electron chi connectivity index (χ4n) is 3.53. The van der Waals surface area contributed by atoms with Crippen LogP contribution in [0, 0.1) is 6.92 Å². The number of rotatable bonds is 5. The molecular formula is C22H22N4O4S. The molecule has 4 rings (SSSR count). The van der Waals surface area contributed by atoms with Crippen LogP contribution in [-0.4, -0.2) is 36.6 Å². The number of hydrogen-bond donors (Lipinski definition) is 2. The molecule has 0 bridgehead atoms. The SMILES string of the molecule is Cc1cccc(-n2nc3c(c2NC(=O)C(=O)NCCc2ccccc2)CS(=O)(=O)C3)c1. The maximum atomic E-state index is 12.6. The van der Waals surface area contributed by atoms with E-state index in [2.05, 4.69) is 15.7 Å². The summed E-state index contributed by atoms with van der Waals surface area (Å²) in [5.41, 5.74) is 3.51. The van der Waals surface area contributed by atoms with Crippen molar-refractivity contribution in [2.75, 3.05) is 11.9 Å². The predicted octanol–water partition coefficient (Wildman–Crippen LogP) is 1.91. The Kier molecular flexibility index (Phi) is 5.60. The van der Waals surface area contributed by atoms with Crippen molar-refractivity contribution in [3.8, 4) is 5.69 Å². The molecule has 0 spiro atoms. The summed E-state index contributed by atoms with van der Waals surface area (Å²) < 4.78 is 25.6. The molecule has 0 saturated carbocycles. The number of nitrogens with zero attached hydrogens (tertiary/aromatic N) is 2. The number of aryl methyl sites for hydroxylation is 1. The van der Waals surface area contributed by atoms with Crippen LogP contribution in [0.3, 0.4) is 0 Å². The van der Waals surface area contributed by atoms with Gasteiger partial charge in [-0.1, -0.05) is 42.5 Å². The summed E-state index contributed by atoms with van der Waals surface area (Å²) in [4.78, 5) is 24.9. The van der Waals surface area contributed by atoms with Crippen molar-refractivity contribution in [1.29, 1.82) is 0 Å². The van der Waals surface area contributed by atoms with Crippen LogP contribution in [0.4, 0.5) is 5.82 Å². The molecule has 2 N–H and O–H groups in total. The molecule has 2 heterocycles. The summed E-state index contributed by atoms with van der Waals surface area (Å²) in [7, 11) is -3.32. The molecule has 9 heteroatoms. The lowest BCUT2D eigenvalue weighted by molar-refractivity contribution is -0.136. The summed E-state index contributed by atoms with van der Waals surface area (Å²) in [6, 6.07) is 17.0. The van der Waals surface area contributed by atoms with E-state index in [-0.39, 0.29) is 17.3 Å². The minimum absolute atomic E-state index is 0.187. The van der Waals surface area contributed by atoms with E-state index in [1.54, 1.807) is 6.07 Å². The molecule has 3 aromatic rings. The second-order valence-corrected chi connectivity index (χ2v) is 9.57. The number of fused-ring (bicyclic) bond motifs is 1. The van der Waals surface area contributed by atoms with Crippen molar-refractivity contribution in [2.45, 2.75) is 24.9 Å². The lowest BCUT2D eigenvalue weighted by Gasteiger charge is -2.12. The second-order valence-electron chi connectivity index (χ2n) is 7.50. The van der Waals surface area contributed by atoms with Crippen molar-refractivity contribution in [3.05, 3.63) is 77.0 Å². The number of hydrogen-bond acceptors (Lipinski definition) is 5. The summed E-state index contributed by atoms with van der Waals surface area (Å²) in [5, 5.41) is 9.58. The predicted molar refractivity (Wildman–Crippen MR) is 116 cm³/mol. The van der Waals surface area contributed by atoms with Crippen LogP contribution >= 0.6 is 0 Å². The van der Waals surface area contributed by atoms with Gasteiger partial charge in [-0.2, -0.15) is 5.10 Å². The third-order valence-electron chi connectivity index (χ3n) is 5.01. The van der Waals surface area contributed by atoms with Crippen molar-refractivity contribution < 1.29 is 18.0 Å². The Hall–Kier alpha value is -3.46. The van der Waals surface area contributed by atoms with E-state index in [1.807, 2.05) is 55.5 Å². The highest BCUT2D eigenvalue weighted by molar-refractivity contribution is 7.90. The molecule has 0 saturated heterocycles. The fourth-order valence-corrected chi connectivity index (χ4v) is 5.02. The first-order chi connectivity index (χ1) is 14.8. The Morgan fingerprint density at radius 1 is 1.03 bits per heavy atom. The fraction of sp³-hybridized carbons (Fsp3) is 0.227. The molecule has 1 aliphatic heterocycles. The third kappa shape index (κ3) is 4.66. The normalized spacial score (nSPS) is 14.1. The van der Waals surface area contributed by atoms with Crippen molar-refractivity contribution in [3.63, 3.8) is 0 Å². The van der Waals surface area contributed by atoms with Crippen LogP contribution in [-0.2, 0) is 37.4 Å². The summed E-state index contributed by atoms with van der Waals surface area (Å²) in [5.74, 6) is -1.85. The molecule has 1 aliphatic rings. The standard InChI is InChI=1S/C22H22N4O4S/c1-15-6-5-9-17(12-15)26-20(18-13-31(29,30)14-19(18)25-26)24-22(28)21(27)23-11-10-16-7-3-2-4-8-16/h2-9,12H,10-11,13-14H2,1H3,(H,23,27)(H,24,28). The van der Waals surface area contributed by atoms with Crippen LogP contribution < -0.4 is 10.6 Å². The minimum Gasteiger partial charge on any atom is -0.347 e. The van der Waals surface area contributed by atoms with Gasteiger partial charge in [0, 0.05) is 12.1 Å². The van der Waals surface area contributed by atoms with Gasteiger partial charge >= 0.3 is 11.8 Å². The second kappa shape index (κ2) is 8.35. The number of sulfone groups is 1. The monoisotopic (exact) mass is 438 g/mol. The first-order valence-corrected chi connectivity index (χ1v) is 11.7. The molecule has 0 atom stereocenters. The van der Waals surface area contributed by atoms with Gasteiger partial charge in [-0.15, -0.1) is 0 Å². The Balaban J connectivity index is 1.53. The lowest BCUT2D eigenvalue weighted by atomic mass is 10.1. The molecule has 0 radical (unpaired) electrons. The van der Waals surface area contributed by atoms with Gasteiger partial charge in [-0.05, 0) is 36.6 Å². The van der Waals surface area contributed by atoms with E-state index < -0.39 is 21.7 Å². The average Bonchev–Trinajstić information content (AvgIpc) is 3.21. The average molecular weight is 439 g/mol. The van der Waals surface area contributed by atoms with Crippen molar-refractivity contribution >= 4 is 27.5 Å². The molecule has 2 amide bonds. The summed E-state index contributed by atoms with van der Waals surface area (Å²) in [6.07, 6.45) is 0.592. The van der Waals surface area contributed by atoms with Crippen molar-refractivity contribution in [1.82, 2.24) is 15.1 Å². The van der Waals surface area contributed by atoms with Crippen LogP contribution in [0.15, 0.2) is 54.6 Å². The van der Waals surface area contributed by atoms with Gasteiger partial charge in [0.25, 0.3) is 0 Å². The highest BCUT2D eigenvalue weighted by atomic mass is 32.2. The van der Waals surface area contributed by atoms with Crippen molar-refractivity contribution in [2.24, 2.45) is 0 Å². The smallest absolute Gasteiger partial charge is 0.314 e. The molecule has 1 aromatic heterocycles. The molecule has 8 nitrogen and oxygen atoms in total. The van der Waals surface area contributed by atoms with Gasteiger partial charge in [-0.3, -0.25) is 9.59 Å². The van der Waals surface area contributed by atoms with E-state index in [0.29, 0.717) is 29.9 Å². The number of carbonyl (C=O) groups is 2. The molecule has 0 unspecified atom stereocenters. The van der Waals surface area contributed by atoms with Gasteiger partial charge in [0.15, 0.2) is 9.84 Å². The van der Waals surface area contributed by atoms with E-state index in [1.165, 1.54) is 4.68 Å². The van der Waals surface area contributed by atoms with Crippen LogP contribution in [0.5, 0.6) is 0 Å². The van der Waals surface area contributed by atoms with E-state index >= 15 is 0 Å².